The van der Waals surface area contributed by atoms with E-state index in [1.54, 1.807) is 0 Å². The lowest BCUT2D eigenvalue weighted by atomic mass is 10.0. The minimum atomic E-state index is 0.126. The van der Waals surface area contributed by atoms with Crippen LogP contribution in [0.2, 0.25) is 0 Å². The van der Waals surface area contributed by atoms with Gasteiger partial charge < -0.3 is 4.90 Å². The molecule has 1 aromatic rings. The van der Waals surface area contributed by atoms with Crippen LogP contribution in [-0.2, 0) is 11.2 Å². The molecule has 1 atom stereocenters. The summed E-state index contributed by atoms with van der Waals surface area (Å²) < 4.78 is 0. The van der Waals surface area contributed by atoms with Gasteiger partial charge in [-0.1, -0.05) is 23.8 Å². The number of carbonyl (C=O) groups is 1. The Morgan fingerprint density at radius 1 is 1.44 bits per heavy atom. The van der Waals surface area contributed by atoms with E-state index in [2.05, 4.69) is 32.0 Å². The van der Waals surface area contributed by atoms with Gasteiger partial charge in [0.25, 0.3) is 0 Å². The first-order valence-electron chi connectivity index (χ1n) is 6.54. The van der Waals surface area contributed by atoms with Crippen LogP contribution in [0.3, 0.4) is 0 Å². The van der Waals surface area contributed by atoms with Crippen LogP contribution in [0.1, 0.15) is 29.5 Å². The van der Waals surface area contributed by atoms with Crippen LogP contribution in [0.15, 0.2) is 18.2 Å². The monoisotopic (exact) mass is 265 g/mol. The Hall–Kier alpha value is -1.02. The summed E-state index contributed by atoms with van der Waals surface area (Å²) in [5.41, 5.74) is 3.53. The maximum absolute atomic E-state index is 12.2. The zero-order valence-electron chi connectivity index (χ0n) is 11.1. The number of hydrogen-bond acceptors (Lipinski definition) is 1. The lowest BCUT2D eigenvalue weighted by Gasteiger charge is -2.30. The quantitative estimate of drug-likeness (QED) is 0.753. The third kappa shape index (κ3) is 3.26. The second kappa shape index (κ2) is 5.75. The fourth-order valence-electron chi connectivity index (χ4n) is 2.42. The summed E-state index contributed by atoms with van der Waals surface area (Å²) in [6.07, 6.45) is 2.54. The van der Waals surface area contributed by atoms with Crippen LogP contribution in [0, 0.1) is 13.8 Å². The number of carbonyl (C=O) groups excluding carboxylic acids is 1. The van der Waals surface area contributed by atoms with E-state index in [1.807, 2.05) is 4.90 Å². The normalized spacial score (nSPS) is 19.9. The van der Waals surface area contributed by atoms with Crippen molar-refractivity contribution in [3.8, 4) is 0 Å². The third-order valence-corrected chi connectivity index (χ3v) is 3.92. The summed E-state index contributed by atoms with van der Waals surface area (Å²) in [7, 11) is 0. The molecule has 1 saturated heterocycles. The van der Waals surface area contributed by atoms with Crippen molar-refractivity contribution in [1.29, 1.82) is 0 Å². The zero-order valence-corrected chi connectivity index (χ0v) is 11.8. The Bertz CT molecular complexity index is 444. The molecule has 1 aromatic carbocycles. The van der Waals surface area contributed by atoms with Gasteiger partial charge in [-0.15, -0.1) is 11.6 Å². The number of halogens is 1. The van der Waals surface area contributed by atoms with E-state index in [0.29, 0.717) is 13.0 Å². The molecule has 98 valence electrons. The average molecular weight is 266 g/mol. The topological polar surface area (TPSA) is 20.3 Å². The number of rotatable bonds is 2. The van der Waals surface area contributed by atoms with Gasteiger partial charge in [0.2, 0.25) is 5.91 Å². The van der Waals surface area contributed by atoms with E-state index in [9.17, 15) is 4.79 Å². The van der Waals surface area contributed by atoms with Crippen LogP contribution in [-0.4, -0.2) is 29.3 Å². The van der Waals surface area contributed by atoms with Gasteiger partial charge in [-0.25, -0.2) is 0 Å². The summed E-state index contributed by atoms with van der Waals surface area (Å²) >= 11 is 6.12. The van der Waals surface area contributed by atoms with Gasteiger partial charge >= 0.3 is 0 Å². The second-order valence-corrected chi connectivity index (χ2v) is 5.80. The Morgan fingerprint density at radius 2 is 2.22 bits per heavy atom. The van der Waals surface area contributed by atoms with Crippen molar-refractivity contribution in [2.45, 2.75) is 38.5 Å². The van der Waals surface area contributed by atoms with Crippen LogP contribution < -0.4 is 0 Å². The van der Waals surface area contributed by atoms with Gasteiger partial charge in [-0.05, 0) is 37.8 Å². The molecule has 1 fully saturated rings. The molecule has 0 radical (unpaired) electrons. The average Bonchev–Trinajstić information content (AvgIpc) is 2.34. The molecule has 1 amide bonds. The van der Waals surface area contributed by atoms with Crippen LogP contribution in [0.25, 0.3) is 0 Å². The Kier molecular flexibility index (Phi) is 4.28. The van der Waals surface area contributed by atoms with Crippen LogP contribution >= 0.6 is 11.6 Å². The van der Waals surface area contributed by atoms with E-state index >= 15 is 0 Å². The zero-order chi connectivity index (χ0) is 13.1. The van der Waals surface area contributed by atoms with Gasteiger partial charge in [-0.3, -0.25) is 4.79 Å². The summed E-state index contributed by atoms with van der Waals surface area (Å²) in [5.74, 6) is 0.203. The molecule has 2 rings (SSSR count). The van der Waals surface area contributed by atoms with Crippen molar-refractivity contribution in [3.05, 3.63) is 34.9 Å². The molecule has 0 spiro atoms. The minimum absolute atomic E-state index is 0.126. The number of likely N-dealkylation sites (tertiary alicyclic amines) is 1. The van der Waals surface area contributed by atoms with E-state index in [0.717, 1.165) is 24.9 Å². The van der Waals surface area contributed by atoms with Crippen molar-refractivity contribution >= 4 is 17.5 Å². The van der Waals surface area contributed by atoms with Crippen molar-refractivity contribution in [3.63, 3.8) is 0 Å². The standard InChI is InChI=1S/C15H20ClNO/c1-11-5-6-12(2)13(8-11)9-15(18)17-7-3-4-14(16)10-17/h5-6,8,14H,3-4,7,9-10H2,1-2H3. The third-order valence-electron chi connectivity index (χ3n) is 3.56. The predicted molar refractivity (Wildman–Crippen MR) is 75.1 cm³/mol. The SMILES string of the molecule is Cc1ccc(C)c(CC(=O)N2CCCC(Cl)C2)c1. The minimum Gasteiger partial charge on any atom is -0.341 e. The summed E-state index contributed by atoms with van der Waals surface area (Å²) in [5, 5.41) is 0.126. The highest BCUT2D eigenvalue weighted by atomic mass is 35.5. The largest absolute Gasteiger partial charge is 0.341 e. The van der Waals surface area contributed by atoms with E-state index < -0.39 is 0 Å². The van der Waals surface area contributed by atoms with E-state index in [-0.39, 0.29) is 11.3 Å². The molecule has 0 N–H and O–H groups in total. The summed E-state index contributed by atoms with van der Waals surface area (Å²) in [4.78, 5) is 14.1. The first kappa shape index (κ1) is 13.4. The molecule has 18 heavy (non-hydrogen) atoms. The molecule has 2 nitrogen and oxygen atoms in total. The van der Waals surface area contributed by atoms with E-state index in [4.69, 9.17) is 11.6 Å². The molecule has 1 aliphatic heterocycles. The fourth-order valence-corrected chi connectivity index (χ4v) is 2.74. The highest BCUT2D eigenvalue weighted by molar-refractivity contribution is 6.20. The second-order valence-electron chi connectivity index (χ2n) is 5.19. The van der Waals surface area contributed by atoms with Gasteiger partial charge in [0.05, 0.1) is 11.8 Å². The van der Waals surface area contributed by atoms with E-state index in [1.165, 1.54) is 11.1 Å². The number of alkyl halides is 1. The Labute approximate surface area is 114 Å². The summed E-state index contributed by atoms with van der Waals surface area (Å²) in [6.45, 7) is 5.67. The Morgan fingerprint density at radius 3 is 2.94 bits per heavy atom. The molecule has 3 heteroatoms. The predicted octanol–water partition coefficient (Wildman–Crippen LogP) is 3.08. The molecular formula is C15H20ClNO. The molecule has 0 aromatic heterocycles. The number of hydrogen-bond donors (Lipinski definition) is 0. The number of nitrogens with zero attached hydrogens (tertiary/aromatic N) is 1. The molecule has 1 heterocycles. The molecular weight excluding hydrogens is 246 g/mol. The fraction of sp³-hybridized carbons (Fsp3) is 0.533. The van der Waals surface area contributed by atoms with Crippen molar-refractivity contribution in [1.82, 2.24) is 4.90 Å². The van der Waals surface area contributed by atoms with Crippen molar-refractivity contribution in [2.24, 2.45) is 0 Å². The first-order valence-corrected chi connectivity index (χ1v) is 6.98. The maximum atomic E-state index is 12.2. The van der Waals surface area contributed by atoms with Gasteiger partial charge in [0.1, 0.15) is 0 Å². The lowest BCUT2D eigenvalue weighted by molar-refractivity contribution is -0.131. The smallest absolute Gasteiger partial charge is 0.227 e. The Balaban J connectivity index is 2.04. The van der Waals surface area contributed by atoms with Gasteiger partial charge in [-0.2, -0.15) is 0 Å². The van der Waals surface area contributed by atoms with Crippen LogP contribution in [0.5, 0.6) is 0 Å². The first-order chi connectivity index (χ1) is 8.56. The van der Waals surface area contributed by atoms with Gasteiger partial charge in [0, 0.05) is 13.1 Å². The van der Waals surface area contributed by atoms with Crippen molar-refractivity contribution in [2.75, 3.05) is 13.1 Å². The number of amides is 1. The number of piperidine rings is 1. The van der Waals surface area contributed by atoms with Crippen LogP contribution in [0.4, 0.5) is 0 Å². The number of aryl methyl sites for hydroxylation is 2. The van der Waals surface area contributed by atoms with Crippen molar-refractivity contribution < 1.29 is 4.79 Å². The molecule has 1 unspecified atom stereocenters. The highest BCUT2D eigenvalue weighted by Crippen LogP contribution is 2.17. The molecule has 0 bridgehead atoms. The summed E-state index contributed by atoms with van der Waals surface area (Å²) in [6, 6.07) is 6.27. The highest BCUT2D eigenvalue weighted by Gasteiger charge is 2.22. The molecule has 1 aliphatic rings. The molecule has 0 saturated carbocycles. The van der Waals surface area contributed by atoms with Gasteiger partial charge in [0.15, 0.2) is 0 Å². The maximum Gasteiger partial charge on any atom is 0.227 e. The molecule has 0 aliphatic carbocycles. The lowest BCUT2D eigenvalue weighted by Crippen LogP contribution is -2.41. The number of benzene rings is 1.